The number of hydrazone groups is 1. The molecule has 1 aliphatic carbocycles. The van der Waals surface area contributed by atoms with Crippen LogP contribution in [0.2, 0.25) is 5.02 Å². The second-order valence-corrected chi connectivity index (χ2v) is 5.73. The van der Waals surface area contributed by atoms with E-state index in [2.05, 4.69) is 16.6 Å². The molecule has 5 heteroatoms. The minimum atomic E-state index is -0.305. The van der Waals surface area contributed by atoms with Crippen molar-refractivity contribution < 1.29 is 9.53 Å². The van der Waals surface area contributed by atoms with E-state index in [9.17, 15) is 4.79 Å². The molecule has 2 aromatic carbocycles. The Hall–Kier alpha value is -2.33. The predicted octanol–water partition coefficient (Wildman–Crippen LogP) is 3.58. The smallest absolute Gasteiger partial charge is 0.277 e. The molecule has 0 atom stereocenters. The second-order valence-electron chi connectivity index (χ2n) is 5.32. The van der Waals surface area contributed by atoms with E-state index in [1.807, 2.05) is 24.3 Å². The fraction of sp³-hybridized carbons (Fsp3) is 0.222. The van der Waals surface area contributed by atoms with Crippen molar-refractivity contribution in [3.63, 3.8) is 0 Å². The van der Waals surface area contributed by atoms with Gasteiger partial charge < -0.3 is 4.74 Å². The Morgan fingerprint density at radius 1 is 1.13 bits per heavy atom. The third-order valence-corrected chi connectivity index (χ3v) is 4.01. The van der Waals surface area contributed by atoms with Crippen LogP contribution in [0.1, 0.15) is 24.0 Å². The first-order valence-electron chi connectivity index (χ1n) is 7.55. The zero-order valence-corrected chi connectivity index (χ0v) is 13.3. The van der Waals surface area contributed by atoms with E-state index in [0.717, 1.165) is 30.5 Å². The third kappa shape index (κ3) is 3.90. The summed E-state index contributed by atoms with van der Waals surface area (Å²) in [4.78, 5) is 11.9. The van der Waals surface area contributed by atoms with Crippen LogP contribution in [0.4, 0.5) is 0 Å². The molecule has 1 amide bonds. The topological polar surface area (TPSA) is 50.7 Å². The third-order valence-electron chi connectivity index (χ3n) is 3.70. The van der Waals surface area contributed by atoms with Gasteiger partial charge in [0.2, 0.25) is 0 Å². The number of ether oxygens (including phenoxy) is 1. The Morgan fingerprint density at radius 3 is 2.78 bits per heavy atom. The number of rotatable bonds is 4. The van der Waals surface area contributed by atoms with Gasteiger partial charge in [-0.05, 0) is 37.0 Å². The van der Waals surface area contributed by atoms with E-state index in [-0.39, 0.29) is 12.5 Å². The van der Waals surface area contributed by atoms with Crippen LogP contribution >= 0.6 is 11.6 Å². The number of aryl methyl sites for hydroxylation is 1. The number of carbonyl (C=O) groups is 1. The highest BCUT2D eigenvalue weighted by molar-refractivity contribution is 6.32. The number of amides is 1. The van der Waals surface area contributed by atoms with Crippen molar-refractivity contribution in [2.45, 2.75) is 19.3 Å². The standard InChI is InChI=1S/C18H17ClN2O2/c19-15-9-3-4-11-17(15)23-12-18(22)21-20-16-10-5-7-13-6-1-2-8-14(13)16/h1-4,6,8-9,11H,5,7,10,12H2,(H,21,22)/b20-16-. The molecule has 0 radical (unpaired) electrons. The van der Waals surface area contributed by atoms with E-state index in [4.69, 9.17) is 16.3 Å². The molecule has 0 fully saturated rings. The van der Waals surface area contributed by atoms with E-state index in [1.54, 1.807) is 18.2 Å². The first kappa shape index (κ1) is 15.6. The number of fused-ring (bicyclic) bond motifs is 1. The summed E-state index contributed by atoms with van der Waals surface area (Å²) >= 11 is 5.98. The Balaban J connectivity index is 1.60. The molecule has 1 N–H and O–H groups in total. The van der Waals surface area contributed by atoms with Crippen LogP contribution < -0.4 is 10.2 Å². The molecule has 4 nitrogen and oxygen atoms in total. The molecule has 0 unspecified atom stereocenters. The SMILES string of the molecule is O=C(COc1ccccc1Cl)N/N=C1/CCCc2ccccc21. The summed E-state index contributed by atoms with van der Waals surface area (Å²) in [6.07, 6.45) is 2.96. The van der Waals surface area contributed by atoms with Crippen LogP contribution in [-0.2, 0) is 11.2 Å². The highest BCUT2D eigenvalue weighted by Gasteiger charge is 2.15. The molecule has 0 bridgehead atoms. The number of benzene rings is 2. The molecule has 0 saturated carbocycles. The maximum absolute atomic E-state index is 11.9. The van der Waals surface area contributed by atoms with Crippen LogP contribution in [0.5, 0.6) is 5.75 Å². The maximum Gasteiger partial charge on any atom is 0.277 e. The number of halogens is 1. The molecule has 0 aromatic heterocycles. The molecule has 0 heterocycles. The number of hydrogen-bond acceptors (Lipinski definition) is 3. The lowest BCUT2D eigenvalue weighted by molar-refractivity contribution is -0.123. The zero-order chi connectivity index (χ0) is 16.1. The normalized spacial score (nSPS) is 15.1. The van der Waals surface area contributed by atoms with Gasteiger partial charge in [-0.3, -0.25) is 4.79 Å². The van der Waals surface area contributed by atoms with Gasteiger partial charge in [-0.25, -0.2) is 5.43 Å². The van der Waals surface area contributed by atoms with Gasteiger partial charge in [-0.2, -0.15) is 5.10 Å². The van der Waals surface area contributed by atoms with Gasteiger partial charge in [0.15, 0.2) is 6.61 Å². The van der Waals surface area contributed by atoms with Crippen molar-refractivity contribution in [2.75, 3.05) is 6.61 Å². The van der Waals surface area contributed by atoms with E-state index in [1.165, 1.54) is 5.56 Å². The highest BCUT2D eigenvalue weighted by atomic mass is 35.5. The summed E-state index contributed by atoms with van der Waals surface area (Å²) in [5, 5.41) is 4.74. The molecule has 23 heavy (non-hydrogen) atoms. The summed E-state index contributed by atoms with van der Waals surface area (Å²) in [6.45, 7) is -0.123. The van der Waals surface area contributed by atoms with Crippen LogP contribution in [-0.4, -0.2) is 18.2 Å². The minimum absolute atomic E-state index is 0.123. The predicted molar refractivity (Wildman–Crippen MR) is 91.0 cm³/mol. The summed E-state index contributed by atoms with van der Waals surface area (Å²) in [7, 11) is 0. The zero-order valence-electron chi connectivity index (χ0n) is 12.6. The fourth-order valence-electron chi connectivity index (χ4n) is 2.58. The highest BCUT2D eigenvalue weighted by Crippen LogP contribution is 2.23. The molecular weight excluding hydrogens is 312 g/mol. The van der Waals surface area contributed by atoms with Gasteiger partial charge in [-0.1, -0.05) is 48.0 Å². The van der Waals surface area contributed by atoms with Gasteiger partial charge in [0, 0.05) is 5.56 Å². The number of para-hydroxylation sites is 1. The molecule has 0 saturated heterocycles. The molecule has 2 aromatic rings. The number of carbonyl (C=O) groups excluding carboxylic acids is 1. The number of nitrogens with one attached hydrogen (secondary N) is 1. The lowest BCUT2D eigenvalue weighted by Gasteiger charge is -2.17. The van der Waals surface area contributed by atoms with Crippen LogP contribution in [0.15, 0.2) is 53.6 Å². The fourth-order valence-corrected chi connectivity index (χ4v) is 2.77. The summed E-state index contributed by atoms with van der Waals surface area (Å²) < 4.78 is 5.39. The quantitative estimate of drug-likeness (QED) is 0.872. The molecule has 118 valence electrons. The number of hydrogen-bond donors (Lipinski definition) is 1. The monoisotopic (exact) mass is 328 g/mol. The van der Waals surface area contributed by atoms with Crippen molar-refractivity contribution in [1.82, 2.24) is 5.43 Å². The van der Waals surface area contributed by atoms with E-state index >= 15 is 0 Å². The maximum atomic E-state index is 11.9. The average molecular weight is 329 g/mol. The van der Waals surface area contributed by atoms with Crippen molar-refractivity contribution in [3.8, 4) is 5.75 Å². The first-order chi connectivity index (χ1) is 11.2. The number of nitrogens with zero attached hydrogens (tertiary/aromatic N) is 1. The van der Waals surface area contributed by atoms with Gasteiger partial charge >= 0.3 is 0 Å². The lowest BCUT2D eigenvalue weighted by Crippen LogP contribution is -2.27. The molecule has 0 spiro atoms. The van der Waals surface area contributed by atoms with Crippen molar-refractivity contribution in [2.24, 2.45) is 5.10 Å². The molecule has 3 rings (SSSR count). The summed E-state index contributed by atoms with van der Waals surface area (Å²) in [5.41, 5.74) is 5.87. The van der Waals surface area contributed by atoms with Crippen LogP contribution in [0, 0.1) is 0 Å². The Morgan fingerprint density at radius 2 is 1.91 bits per heavy atom. The van der Waals surface area contributed by atoms with Gasteiger partial charge in [0.1, 0.15) is 5.75 Å². The Bertz CT molecular complexity index is 743. The van der Waals surface area contributed by atoms with Crippen LogP contribution in [0.25, 0.3) is 0 Å². The van der Waals surface area contributed by atoms with E-state index < -0.39 is 0 Å². The Kier molecular flexibility index (Phi) is 4.93. The molecular formula is C18H17ClN2O2. The van der Waals surface area contributed by atoms with E-state index in [0.29, 0.717) is 10.8 Å². The van der Waals surface area contributed by atoms with Gasteiger partial charge in [0.25, 0.3) is 5.91 Å². The van der Waals surface area contributed by atoms with Gasteiger partial charge in [0.05, 0.1) is 10.7 Å². The lowest BCUT2D eigenvalue weighted by atomic mass is 9.90. The van der Waals surface area contributed by atoms with Crippen molar-refractivity contribution >= 4 is 23.2 Å². The first-order valence-corrected chi connectivity index (χ1v) is 7.93. The largest absolute Gasteiger partial charge is 0.482 e. The summed E-state index contributed by atoms with van der Waals surface area (Å²) in [6, 6.07) is 15.2. The molecule has 0 aliphatic heterocycles. The molecule has 1 aliphatic rings. The average Bonchev–Trinajstić information content (AvgIpc) is 2.59. The van der Waals surface area contributed by atoms with Crippen LogP contribution in [0.3, 0.4) is 0 Å². The summed E-state index contributed by atoms with van der Waals surface area (Å²) in [5.74, 6) is 0.181. The minimum Gasteiger partial charge on any atom is -0.482 e. The Labute approximate surface area is 140 Å². The second kappa shape index (κ2) is 7.29. The van der Waals surface area contributed by atoms with Crippen molar-refractivity contribution in [3.05, 3.63) is 64.7 Å². The van der Waals surface area contributed by atoms with Gasteiger partial charge in [-0.15, -0.1) is 0 Å². The van der Waals surface area contributed by atoms with Crippen molar-refractivity contribution in [1.29, 1.82) is 0 Å².